The van der Waals surface area contributed by atoms with E-state index in [1.54, 1.807) is 48.3 Å². The van der Waals surface area contributed by atoms with Crippen LogP contribution >= 0.6 is 11.6 Å². The van der Waals surface area contributed by atoms with E-state index in [0.29, 0.717) is 40.2 Å². The molecule has 4 rings (SSSR count). The van der Waals surface area contributed by atoms with Gasteiger partial charge >= 0.3 is 6.03 Å². The van der Waals surface area contributed by atoms with Crippen LogP contribution in [-0.2, 0) is 11.8 Å². The molecule has 0 saturated carbocycles. The van der Waals surface area contributed by atoms with Crippen LogP contribution < -0.4 is 20.1 Å². The molecule has 2 heterocycles. The highest BCUT2D eigenvalue weighted by Crippen LogP contribution is 2.36. The molecule has 10 heteroatoms. The number of ether oxygens (including phenoxy) is 3. The third kappa shape index (κ3) is 5.99. The summed E-state index contributed by atoms with van der Waals surface area (Å²) in [5.41, 5.74) is 2.70. The summed E-state index contributed by atoms with van der Waals surface area (Å²) < 4.78 is 18.4. The van der Waals surface area contributed by atoms with Gasteiger partial charge in [0.1, 0.15) is 18.1 Å². The van der Waals surface area contributed by atoms with Gasteiger partial charge in [0.15, 0.2) is 0 Å². The third-order valence-electron chi connectivity index (χ3n) is 5.50. The van der Waals surface area contributed by atoms with E-state index in [2.05, 4.69) is 20.6 Å². The van der Waals surface area contributed by atoms with Crippen molar-refractivity contribution in [1.29, 1.82) is 0 Å². The summed E-state index contributed by atoms with van der Waals surface area (Å²) in [5.74, 6) is 1.38. The van der Waals surface area contributed by atoms with Gasteiger partial charge < -0.3 is 24.8 Å². The number of rotatable bonds is 8. The molecule has 0 bridgehead atoms. The van der Waals surface area contributed by atoms with Gasteiger partial charge in [-0.3, -0.25) is 9.58 Å². The van der Waals surface area contributed by atoms with Crippen LogP contribution in [0.5, 0.6) is 11.5 Å². The molecule has 1 aliphatic rings. The Morgan fingerprint density at radius 1 is 1.12 bits per heavy atom. The minimum atomic E-state index is -0.367. The van der Waals surface area contributed by atoms with E-state index >= 15 is 0 Å². The zero-order valence-electron chi connectivity index (χ0n) is 19.2. The topological polar surface area (TPSA) is 89.9 Å². The van der Waals surface area contributed by atoms with Gasteiger partial charge in [0.25, 0.3) is 0 Å². The maximum Gasteiger partial charge on any atom is 0.323 e. The van der Waals surface area contributed by atoms with Crippen LogP contribution in [0.4, 0.5) is 16.2 Å². The van der Waals surface area contributed by atoms with Gasteiger partial charge in [-0.2, -0.15) is 5.10 Å². The second-order valence-corrected chi connectivity index (χ2v) is 8.19. The number of hydrogen-bond donors (Lipinski definition) is 2. The Hall–Kier alpha value is -3.27. The summed E-state index contributed by atoms with van der Waals surface area (Å²) in [6.45, 7) is 4.61. The summed E-state index contributed by atoms with van der Waals surface area (Å²) >= 11 is 6.43. The molecule has 34 heavy (non-hydrogen) atoms. The first kappa shape index (κ1) is 23.9. The molecule has 3 aromatic rings. The van der Waals surface area contributed by atoms with Crippen molar-refractivity contribution in [1.82, 2.24) is 14.7 Å². The van der Waals surface area contributed by atoms with Crippen LogP contribution in [0.15, 0.2) is 48.7 Å². The van der Waals surface area contributed by atoms with Gasteiger partial charge in [0.05, 0.1) is 37.2 Å². The van der Waals surface area contributed by atoms with E-state index < -0.39 is 0 Å². The summed E-state index contributed by atoms with van der Waals surface area (Å²) in [6.07, 6.45) is 1.59. The van der Waals surface area contributed by atoms with Gasteiger partial charge in [-0.05, 0) is 42.5 Å². The van der Waals surface area contributed by atoms with Crippen molar-refractivity contribution in [3.63, 3.8) is 0 Å². The highest BCUT2D eigenvalue weighted by molar-refractivity contribution is 6.33. The predicted octanol–water partition coefficient (Wildman–Crippen LogP) is 4.10. The second-order valence-electron chi connectivity index (χ2n) is 7.79. The SMILES string of the molecule is COc1ccc(NC(=O)Nc2ccc(OCCN3CCOCC3)c(-c3c(Cl)cnn3C)c2)cc1. The first-order chi connectivity index (χ1) is 16.5. The molecule has 180 valence electrons. The average Bonchev–Trinajstić information content (AvgIpc) is 3.18. The van der Waals surface area contributed by atoms with Crippen LogP contribution in [0.2, 0.25) is 5.02 Å². The van der Waals surface area contributed by atoms with Crippen molar-refractivity contribution in [3.8, 4) is 22.8 Å². The molecule has 0 spiro atoms. The van der Waals surface area contributed by atoms with Gasteiger partial charge in [0, 0.05) is 43.6 Å². The Morgan fingerprint density at radius 3 is 2.50 bits per heavy atom. The van der Waals surface area contributed by atoms with Gasteiger partial charge in [-0.25, -0.2) is 4.79 Å². The number of amides is 2. The fraction of sp³-hybridized carbons (Fsp3) is 0.333. The number of carbonyl (C=O) groups is 1. The second kappa shape index (κ2) is 11.2. The Kier molecular flexibility index (Phi) is 7.89. The first-order valence-electron chi connectivity index (χ1n) is 11.0. The maximum atomic E-state index is 12.6. The van der Waals surface area contributed by atoms with Crippen LogP contribution in [0.1, 0.15) is 0 Å². The van der Waals surface area contributed by atoms with Crippen molar-refractivity contribution in [2.45, 2.75) is 0 Å². The lowest BCUT2D eigenvalue weighted by atomic mass is 10.1. The number of methoxy groups -OCH3 is 1. The van der Waals surface area contributed by atoms with E-state index in [-0.39, 0.29) is 6.03 Å². The fourth-order valence-electron chi connectivity index (χ4n) is 3.71. The Balaban J connectivity index is 1.48. The molecular weight excluding hydrogens is 458 g/mol. The summed E-state index contributed by atoms with van der Waals surface area (Å²) in [6, 6.07) is 12.2. The van der Waals surface area contributed by atoms with E-state index in [1.807, 2.05) is 19.2 Å². The quantitative estimate of drug-likeness (QED) is 0.499. The van der Waals surface area contributed by atoms with Crippen molar-refractivity contribution < 1.29 is 19.0 Å². The minimum absolute atomic E-state index is 0.367. The molecule has 1 aromatic heterocycles. The normalized spacial score (nSPS) is 14.0. The number of nitrogens with zero attached hydrogens (tertiary/aromatic N) is 3. The summed E-state index contributed by atoms with van der Waals surface area (Å²) in [7, 11) is 3.41. The fourth-order valence-corrected chi connectivity index (χ4v) is 3.98. The molecule has 9 nitrogen and oxygen atoms in total. The lowest BCUT2D eigenvalue weighted by Crippen LogP contribution is -2.38. The Morgan fingerprint density at radius 2 is 1.82 bits per heavy atom. The lowest BCUT2D eigenvalue weighted by Gasteiger charge is -2.26. The molecule has 0 unspecified atom stereocenters. The molecule has 0 atom stereocenters. The Bertz CT molecular complexity index is 1090. The first-order valence-corrected chi connectivity index (χ1v) is 11.4. The minimum Gasteiger partial charge on any atom is -0.497 e. The molecule has 2 N–H and O–H groups in total. The van der Waals surface area contributed by atoms with Crippen molar-refractivity contribution in [2.24, 2.45) is 7.05 Å². The van der Waals surface area contributed by atoms with E-state index in [1.165, 1.54) is 0 Å². The maximum absolute atomic E-state index is 12.6. The molecule has 1 aliphatic heterocycles. The predicted molar refractivity (Wildman–Crippen MR) is 132 cm³/mol. The number of urea groups is 1. The number of nitrogens with one attached hydrogen (secondary N) is 2. The van der Waals surface area contributed by atoms with E-state index in [4.69, 9.17) is 25.8 Å². The number of halogens is 1. The van der Waals surface area contributed by atoms with Gasteiger partial charge in [-0.15, -0.1) is 0 Å². The molecule has 0 aliphatic carbocycles. The Labute approximate surface area is 203 Å². The summed E-state index contributed by atoms with van der Waals surface area (Å²) in [4.78, 5) is 14.9. The molecule has 0 radical (unpaired) electrons. The highest BCUT2D eigenvalue weighted by atomic mass is 35.5. The zero-order chi connectivity index (χ0) is 23.9. The van der Waals surface area contributed by atoms with Crippen molar-refractivity contribution in [3.05, 3.63) is 53.7 Å². The molecule has 2 amide bonds. The number of hydrogen-bond acceptors (Lipinski definition) is 6. The van der Waals surface area contributed by atoms with E-state index in [0.717, 1.165) is 38.4 Å². The molecular formula is C24H28ClN5O4. The van der Waals surface area contributed by atoms with Gasteiger partial charge in [0.2, 0.25) is 0 Å². The number of morpholine rings is 1. The van der Waals surface area contributed by atoms with Crippen LogP contribution in [-0.4, -0.2) is 67.3 Å². The highest BCUT2D eigenvalue weighted by Gasteiger charge is 2.17. The average molecular weight is 486 g/mol. The van der Waals surface area contributed by atoms with Crippen LogP contribution in [0, 0.1) is 0 Å². The molecule has 1 fully saturated rings. The largest absolute Gasteiger partial charge is 0.497 e. The summed E-state index contributed by atoms with van der Waals surface area (Å²) in [5, 5.41) is 10.4. The van der Waals surface area contributed by atoms with Gasteiger partial charge in [-0.1, -0.05) is 11.6 Å². The zero-order valence-corrected chi connectivity index (χ0v) is 20.0. The van der Waals surface area contributed by atoms with Crippen molar-refractivity contribution >= 4 is 29.0 Å². The monoisotopic (exact) mass is 485 g/mol. The smallest absolute Gasteiger partial charge is 0.323 e. The van der Waals surface area contributed by atoms with E-state index in [9.17, 15) is 4.79 Å². The number of benzene rings is 2. The number of anilines is 2. The molecule has 2 aromatic carbocycles. The standard InChI is InChI=1S/C24H28ClN5O4/c1-29-23(21(25)16-26-29)20-15-18(28-24(31)27-17-3-6-19(32-2)7-4-17)5-8-22(20)34-14-11-30-9-12-33-13-10-30/h3-8,15-16H,9-14H2,1-2H3,(H2,27,28,31). The third-order valence-corrected chi connectivity index (χ3v) is 5.78. The van der Waals surface area contributed by atoms with Crippen LogP contribution in [0.3, 0.4) is 0 Å². The van der Waals surface area contributed by atoms with Crippen LogP contribution in [0.25, 0.3) is 11.3 Å². The lowest BCUT2D eigenvalue weighted by molar-refractivity contribution is 0.0323. The number of aryl methyl sites for hydroxylation is 1. The van der Waals surface area contributed by atoms with Crippen molar-refractivity contribution in [2.75, 3.05) is 57.2 Å². The number of aromatic nitrogens is 2. The number of carbonyl (C=O) groups excluding carboxylic acids is 1. The molecule has 1 saturated heterocycles.